The van der Waals surface area contributed by atoms with Crippen LogP contribution in [0.2, 0.25) is 0 Å². The van der Waals surface area contributed by atoms with Crippen LogP contribution in [0.5, 0.6) is 0 Å². The zero-order valence-electron chi connectivity index (χ0n) is 19.1. The number of anilines is 1. The number of rotatable bonds is 9. The van der Waals surface area contributed by atoms with Crippen LogP contribution in [0.4, 0.5) is 5.82 Å². The highest BCUT2D eigenvalue weighted by Crippen LogP contribution is 2.46. The molecule has 0 spiro atoms. The van der Waals surface area contributed by atoms with Gasteiger partial charge in [0.1, 0.15) is 12.3 Å². The molecule has 182 valence electrons. The number of ketones is 1. The number of carbonyl (C=O) groups is 2. The molecule has 3 aliphatic rings. The lowest BCUT2D eigenvalue weighted by Crippen LogP contribution is -2.17. The van der Waals surface area contributed by atoms with Crippen LogP contribution in [-0.4, -0.2) is 35.3 Å². The topological polar surface area (TPSA) is 136 Å². The van der Waals surface area contributed by atoms with Crippen LogP contribution in [0.15, 0.2) is 46.7 Å². The third-order valence-corrected chi connectivity index (χ3v) is 9.05. The van der Waals surface area contributed by atoms with Crippen molar-refractivity contribution in [3.05, 3.63) is 58.4 Å². The first-order valence-electron chi connectivity index (χ1n) is 11.9. The predicted octanol–water partition coefficient (Wildman–Crippen LogP) is 3.95. The van der Waals surface area contributed by atoms with Crippen LogP contribution >= 0.6 is 0 Å². The molecule has 1 amide bonds. The molecule has 0 aliphatic heterocycles. The molecule has 1 aromatic carbocycles. The van der Waals surface area contributed by atoms with Crippen LogP contribution in [0.1, 0.15) is 67.7 Å². The van der Waals surface area contributed by atoms with E-state index in [-0.39, 0.29) is 35.2 Å². The molecule has 35 heavy (non-hydrogen) atoms. The Balaban J connectivity index is 1.49. The summed E-state index contributed by atoms with van der Waals surface area (Å²) in [4.78, 5) is 44.2. The number of hydrogen-bond acceptors (Lipinski definition) is 8. The first kappa shape index (κ1) is 23.5. The molecule has 0 saturated heterocycles. The minimum absolute atomic E-state index is 0.0605. The van der Waals surface area contributed by atoms with E-state index in [1.807, 2.05) is 12.1 Å². The second-order valence-corrected chi connectivity index (χ2v) is 11.7. The van der Waals surface area contributed by atoms with E-state index in [0.29, 0.717) is 53.8 Å². The highest BCUT2D eigenvalue weighted by Gasteiger charge is 2.40. The monoisotopic (exact) mass is 494 g/mol. The number of aromatic nitrogens is 2. The Morgan fingerprint density at radius 3 is 2.51 bits per heavy atom. The predicted molar refractivity (Wildman–Crippen MR) is 129 cm³/mol. The van der Waals surface area contributed by atoms with Crippen LogP contribution < -0.4 is 5.32 Å². The van der Waals surface area contributed by atoms with Gasteiger partial charge in [0, 0.05) is 18.4 Å². The van der Waals surface area contributed by atoms with Gasteiger partial charge in [-0.2, -0.15) is 4.91 Å². The molecular formula is C25H26N4O5S. The van der Waals surface area contributed by atoms with Gasteiger partial charge in [-0.25, -0.2) is 13.4 Å². The van der Waals surface area contributed by atoms with E-state index < -0.39 is 15.7 Å². The summed E-state index contributed by atoms with van der Waals surface area (Å²) in [6.07, 6.45) is 9.33. The zero-order valence-corrected chi connectivity index (χ0v) is 20.0. The lowest BCUT2D eigenvalue weighted by atomic mass is 9.95. The van der Waals surface area contributed by atoms with Gasteiger partial charge in [-0.05, 0) is 67.2 Å². The van der Waals surface area contributed by atoms with Crippen LogP contribution in [0.3, 0.4) is 0 Å². The van der Waals surface area contributed by atoms with Crippen molar-refractivity contribution < 1.29 is 18.0 Å². The van der Waals surface area contributed by atoms with Gasteiger partial charge in [-0.1, -0.05) is 17.3 Å². The number of hydrogen-bond donors (Lipinski definition) is 1. The quantitative estimate of drug-likeness (QED) is 0.412. The number of nitrogens with zero attached hydrogens (tertiary/aromatic N) is 3. The SMILES string of the molecule is O=NCc1cnc(NC(=O)/C(=C/C2CCC(=O)C2)c2ccc(S(=O)(=O)C3CC3)c(C3CC3)c2)cn1. The molecule has 1 N–H and O–H groups in total. The molecule has 1 aromatic heterocycles. The number of carbonyl (C=O) groups excluding carboxylic acids is 2. The van der Waals surface area contributed by atoms with E-state index in [0.717, 1.165) is 18.4 Å². The van der Waals surface area contributed by atoms with Gasteiger partial charge in [0.15, 0.2) is 15.7 Å². The summed E-state index contributed by atoms with van der Waals surface area (Å²) in [6.45, 7) is -0.109. The molecule has 10 heteroatoms. The Morgan fingerprint density at radius 2 is 1.91 bits per heavy atom. The number of amides is 1. The van der Waals surface area contributed by atoms with Crippen molar-refractivity contribution in [3.8, 4) is 0 Å². The van der Waals surface area contributed by atoms with Gasteiger partial charge in [-0.15, -0.1) is 0 Å². The normalized spacial score (nSPS) is 20.6. The van der Waals surface area contributed by atoms with Crippen LogP contribution in [-0.2, 0) is 26.0 Å². The van der Waals surface area contributed by atoms with Crippen LogP contribution in [0, 0.1) is 10.8 Å². The van der Waals surface area contributed by atoms with Crippen molar-refractivity contribution in [2.45, 2.75) is 67.6 Å². The number of sulfone groups is 1. The molecule has 9 nitrogen and oxygen atoms in total. The summed E-state index contributed by atoms with van der Waals surface area (Å²) in [5.74, 6) is 0.0870. The lowest BCUT2D eigenvalue weighted by Gasteiger charge is -2.15. The standard InChI is InChI=1S/C25H26N4O5S/c30-19-5-1-15(9-19)10-22(25(31)29-24-14-26-18(12-27-24)13-28-32)17-4-8-23(21(11-17)16-2-3-16)35(33,34)20-6-7-20/h4,8,10-12,14-16,20H,1-3,5-7,9,13H2,(H,27,29,31)/b22-10+. The summed E-state index contributed by atoms with van der Waals surface area (Å²) in [7, 11) is -3.36. The van der Waals surface area contributed by atoms with E-state index in [2.05, 4.69) is 20.5 Å². The number of allylic oxidation sites excluding steroid dienone is 1. The average molecular weight is 495 g/mol. The summed E-state index contributed by atoms with van der Waals surface area (Å²) >= 11 is 0. The fourth-order valence-electron chi connectivity index (χ4n) is 4.52. The van der Waals surface area contributed by atoms with Gasteiger partial charge in [0.05, 0.1) is 28.2 Å². The fourth-order valence-corrected chi connectivity index (χ4v) is 6.45. The molecule has 1 unspecified atom stereocenters. The highest BCUT2D eigenvalue weighted by molar-refractivity contribution is 7.92. The zero-order chi connectivity index (χ0) is 24.6. The van der Waals surface area contributed by atoms with Crippen molar-refractivity contribution in [2.75, 3.05) is 5.32 Å². The molecule has 2 aromatic rings. The van der Waals surface area contributed by atoms with Gasteiger partial charge < -0.3 is 5.32 Å². The third kappa shape index (κ3) is 5.22. The van der Waals surface area contributed by atoms with Gasteiger partial charge >= 0.3 is 0 Å². The highest BCUT2D eigenvalue weighted by atomic mass is 32.2. The fraction of sp³-hybridized carbons (Fsp3) is 0.440. The Bertz CT molecular complexity index is 1310. The van der Waals surface area contributed by atoms with E-state index in [1.54, 1.807) is 12.1 Å². The number of nitrogens with one attached hydrogen (secondary N) is 1. The van der Waals surface area contributed by atoms with Gasteiger partial charge in [0.2, 0.25) is 0 Å². The van der Waals surface area contributed by atoms with Crippen LogP contribution in [0.25, 0.3) is 5.57 Å². The summed E-state index contributed by atoms with van der Waals surface area (Å²) < 4.78 is 26.0. The van der Waals surface area contributed by atoms with E-state index in [9.17, 15) is 22.9 Å². The molecule has 0 bridgehead atoms. The molecule has 3 fully saturated rings. The minimum Gasteiger partial charge on any atom is -0.305 e. The Labute approximate surface area is 203 Å². The van der Waals surface area contributed by atoms with Gasteiger partial charge in [0.25, 0.3) is 5.91 Å². The first-order chi connectivity index (χ1) is 16.8. The molecule has 3 saturated carbocycles. The molecule has 1 heterocycles. The summed E-state index contributed by atoms with van der Waals surface area (Å²) in [6, 6.07) is 5.16. The number of benzene rings is 1. The van der Waals surface area contributed by atoms with Crippen molar-refractivity contribution in [3.63, 3.8) is 0 Å². The lowest BCUT2D eigenvalue weighted by molar-refractivity contribution is -0.117. The Hall–Kier alpha value is -3.27. The van der Waals surface area contributed by atoms with Crippen molar-refractivity contribution in [2.24, 2.45) is 11.1 Å². The van der Waals surface area contributed by atoms with E-state index >= 15 is 0 Å². The summed E-state index contributed by atoms with van der Waals surface area (Å²) in [5.41, 5.74) is 2.16. The second kappa shape index (κ2) is 9.41. The molecule has 1 atom stereocenters. The van der Waals surface area contributed by atoms with E-state index in [4.69, 9.17) is 0 Å². The molecular weight excluding hydrogens is 468 g/mol. The average Bonchev–Trinajstić information content (AvgIpc) is 3.76. The van der Waals surface area contributed by atoms with Crippen molar-refractivity contribution in [1.82, 2.24) is 9.97 Å². The third-order valence-electron chi connectivity index (χ3n) is 6.71. The molecule has 5 rings (SSSR count). The van der Waals surface area contributed by atoms with Crippen molar-refractivity contribution >= 4 is 32.9 Å². The Kier molecular flexibility index (Phi) is 6.31. The maximum absolute atomic E-state index is 13.4. The van der Waals surface area contributed by atoms with E-state index in [1.165, 1.54) is 12.4 Å². The first-order valence-corrected chi connectivity index (χ1v) is 13.4. The number of nitroso groups, excluding NO2 is 1. The molecule has 0 radical (unpaired) electrons. The summed E-state index contributed by atoms with van der Waals surface area (Å²) in [5, 5.41) is 5.21. The maximum atomic E-state index is 13.4. The largest absolute Gasteiger partial charge is 0.305 e. The van der Waals surface area contributed by atoms with Gasteiger partial charge in [-0.3, -0.25) is 14.6 Å². The number of Topliss-reactive ketones (excluding diaryl/α,β-unsaturated/α-hetero) is 1. The maximum Gasteiger partial charge on any atom is 0.257 e. The molecule has 3 aliphatic carbocycles. The minimum atomic E-state index is -3.36. The second-order valence-electron chi connectivity index (χ2n) is 9.53. The van der Waals surface area contributed by atoms with Crippen molar-refractivity contribution in [1.29, 1.82) is 0 Å². The smallest absolute Gasteiger partial charge is 0.257 e. The Morgan fingerprint density at radius 1 is 1.11 bits per heavy atom.